The van der Waals surface area contributed by atoms with Gasteiger partial charge in [0, 0.05) is 11.6 Å². The maximum Gasteiger partial charge on any atom is 0.0357 e. The predicted octanol–water partition coefficient (Wildman–Crippen LogP) is 3.52. The number of rotatable bonds is 4. The van der Waals surface area contributed by atoms with E-state index in [2.05, 4.69) is 50.2 Å². The lowest BCUT2D eigenvalue weighted by molar-refractivity contribution is 0.0967. The predicted molar refractivity (Wildman–Crippen MR) is 87.0 cm³/mol. The first kappa shape index (κ1) is 15.5. The Balaban J connectivity index is 2.18. The Bertz CT molecular complexity index is 417. The van der Waals surface area contributed by atoms with E-state index in [4.69, 9.17) is 5.73 Å². The summed E-state index contributed by atoms with van der Waals surface area (Å²) in [7, 11) is 4.42. The number of hydrogen-bond acceptors (Lipinski definition) is 2. The van der Waals surface area contributed by atoms with Gasteiger partial charge in [-0.3, -0.25) is 0 Å². The molecule has 1 fully saturated rings. The zero-order valence-electron chi connectivity index (χ0n) is 13.4. The molecule has 112 valence electrons. The number of nitrogens with zero attached hydrogens (tertiary/aromatic N) is 1. The smallest absolute Gasteiger partial charge is 0.0357 e. The van der Waals surface area contributed by atoms with Gasteiger partial charge in [0.15, 0.2) is 0 Å². The number of hydrogen-bond donors (Lipinski definition) is 1. The zero-order valence-corrected chi connectivity index (χ0v) is 13.4. The van der Waals surface area contributed by atoms with E-state index < -0.39 is 0 Å². The molecule has 0 bridgehead atoms. The molecule has 1 atom stereocenters. The summed E-state index contributed by atoms with van der Waals surface area (Å²) < 4.78 is 0. The van der Waals surface area contributed by atoms with Crippen molar-refractivity contribution in [2.45, 2.75) is 63.5 Å². The van der Waals surface area contributed by atoms with Crippen molar-refractivity contribution in [1.82, 2.24) is 4.90 Å². The van der Waals surface area contributed by atoms with Gasteiger partial charge in [0.25, 0.3) is 0 Å². The summed E-state index contributed by atoms with van der Waals surface area (Å²) in [5, 5.41) is 0. The van der Waals surface area contributed by atoms with Gasteiger partial charge >= 0.3 is 0 Å². The van der Waals surface area contributed by atoms with E-state index in [1.165, 1.54) is 49.7 Å². The van der Waals surface area contributed by atoms with Crippen molar-refractivity contribution in [1.29, 1.82) is 0 Å². The molecule has 1 aliphatic rings. The molecule has 20 heavy (non-hydrogen) atoms. The third-order valence-corrected chi connectivity index (χ3v) is 5.25. The Kier molecular flexibility index (Phi) is 5.22. The minimum absolute atomic E-state index is 0.179. The third-order valence-electron chi connectivity index (χ3n) is 5.25. The summed E-state index contributed by atoms with van der Waals surface area (Å²) in [6, 6.07) is 8.88. The number of likely N-dealkylation sites (N-methyl/N-ethyl adjacent to an activating group) is 1. The molecule has 1 aromatic carbocycles. The fourth-order valence-corrected chi connectivity index (χ4v) is 3.76. The van der Waals surface area contributed by atoms with Gasteiger partial charge in [0.2, 0.25) is 0 Å². The Hall–Kier alpha value is -0.860. The van der Waals surface area contributed by atoms with Crippen LogP contribution in [0.2, 0.25) is 0 Å². The number of aryl methyl sites for hydroxylation is 1. The van der Waals surface area contributed by atoms with Crippen LogP contribution in [0.4, 0.5) is 0 Å². The van der Waals surface area contributed by atoms with Crippen molar-refractivity contribution >= 4 is 0 Å². The van der Waals surface area contributed by atoms with Crippen molar-refractivity contribution in [3.05, 3.63) is 35.4 Å². The Labute approximate surface area is 124 Å². The second kappa shape index (κ2) is 6.73. The average molecular weight is 274 g/mol. The van der Waals surface area contributed by atoms with Crippen LogP contribution in [0.25, 0.3) is 0 Å². The maximum absolute atomic E-state index is 6.71. The minimum Gasteiger partial charge on any atom is -0.326 e. The van der Waals surface area contributed by atoms with Gasteiger partial charge < -0.3 is 10.6 Å². The first-order valence-corrected chi connectivity index (χ1v) is 8.04. The molecule has 1 saturated carbocycles. The summed E-state index contributed by atoms with van der Waals surface area (Å²) in [6.45, 7) is 2.19. The zero-order chi connectivity index (χ0) is 14.6. The van der Waals surface area contributed by atoms with Gasteiger partial charge in [-0.1, -0.05) is 49.9 Å². The monoisotopic (exact) mass is 274 g/mol. The van der Waals surface area contributed by atoms with Crippen LogP contribution in [-0.4, -0.2) is 30.6 Å². The standard InChI is InChI=1S/C18H30N2/c1-15-10-6-7-11-16(15)14-17(19)18(20(2)3)12-8-4-5-9-13-18/h6-7,10-11,17H,4-5,8-9,12-14,19H2,1-3H3. The van der Waals surface area contributed by atoms with Crippen molar-refractivity contribution in [2.24, 2.45) is 5.73 Å². The fourth-order valence-electron chi connectivity index (χ4n) is 3.76. The van der Waals surface area contributed by atoms with Crippen LogP contribution in [0.1, 0.15) is 49.7 Å². The van der Waals surface area contributed by atoms with Crippen LogP contribution in [0.15, 0.2) is 24.3 Å². The summed E-state index contributed by atoms with van der Waals surface area (Å²) in [5.41, 5.74) is 9.67. The van der Waals surface area contributed by atoms with Crippen LogP contribution in [0, 0.1) is 6.92 Å². The largest absolute Gasteiger partial charge is 0.326 e. The van der Waals surface area contributed by atoms with Crippen molar-refractivity contribution in [2.75, 3.05) is 14.1 Å². The molecule has 0 aliphatic heterocycles. The molecule has 2 rings (SSSR count). The molecule has 0 aromatic heterocycles. The first-order valence-electron chi connectivity index (χ1n) is 8.04. The topological polar surface area (TPSA) is 29.3 Å². The molecule has 0 heterocycles. The fraction of sp³-hybridized carbons (Fsp3) is 0.667. The highest BCUT2D eigenvalue weighted by Gasteiger charge is 2.38. The lowest BCUT2D eigenvalue weighted by Crippen LogP contribution is -2.58. The van der Waals surface area contributed by atoms with Crippen LogP contribution in [0.5, 0.6) is 0 Å². The summed E-state index contributed by atoms with van der Waals surface area (Å²) in [5.74, 6) is 0. The molecule has 0 saturated heterocycles. The van der Waals surface area contributed by atoms with Crippen molar-refractivity contribution < 1.29 is 0 Å². The highest BCUT2D eigenvalue weighted by Crippen LogP contribution is 2.34. The quantitative estimate of drug-likeness (QED) is 0.851. The molecule has 2 nitrogen and oxygen atoms in total. The second-order valence-corrected chi connectivity index (χ2v) is 6.65. The minimum atomic E-state index is 0.179. The Morgan fingerprint density at radius 2 is 1.70 bits per heavy atom. The van der Waals surface area contributed by atoms with E-state index >= 15 is 0 Å². The van der Waals surface area contributed by atoms with Gasteiger partial charge in [-0.05, 0) is 51.4 Å². The van der Waals surface area contributed by atoms with Gasteiger partial charge in [-0.2, -0.15) is 0 Å². The molecular weight excluding hydrogens is 244 g/mol. The van der Waals surface area contributed by atoms with Crippen LogP contribution < -0.4 is 5.73 Å². The molecule has 1 aromatic rings. The van der Waals surface area contributed by atoms with Gasteiger partial charge in [-0.15, -0.1) is 0 Å². The summed E-state index contributed by atoms with van der Waals surface area (Å²) >= 11 is 0. The van der Waals surface area contributed by atoms with Crippen LogP contribution in [-0.2, 0) is 6.42 Å². The van der Waals surface area contributed by atoms with Gasteiger partial charge in [0.05, 0.1) is 0 Å². The lowest BCUT2D eigenvalue weighted by Gasteiger charge is -2.44. The number of benzene rings is 1. The van der Waals surface area contributed by atoms with Gasteiger partial charge in [0.1, 0.15) is 0 Å². The van der Waals surface area contributed by atoms with E-state index in [-0.39, 0.29) is 11.6 Å². The molecule has 1 unspecified atom stereocenters. The van der Waals surface area contributed by atoms with E-state index in [1.807, 2.05) is 0 Å². The van der Waals surface area contributed by atoms with Crippen LogP contribution in [0.3, 0.4) is 0 Å². The molecule has 2 heteroatoms. The summed E-state index contributed by atoms with van der Waals surface area (Å²) in [4.78, 5) is 2.40. The second-order valence-electron chi connectivity index (χ2n) is 6.65. The summed E-state index contributed by atoms with van der Waals surface area (Å²) in [6.07, 6.45) is 8.85. The molecule has 0 amide bonds. The van der Waals surface area contributed by atoms with E-state index in [0.29, 0.717) is 0 Å². The maximum atomic E-state index is 6.71. The first-order chi connectivity index (χ1) is 9.56. The normalized spacial score (nSPS) is 20.6. The van der Waals surface area contributed by atoms with Crippen molar-refractivity contribution in [3.8, 4) is 0 Å². The number of nitrogens with two attached hydrogens (primary N) is 1. The molecular formula is C18H30N2. The highest BCUT2D eigenvalue weighted by atomic mass is 15.2. The Morgan fingerprint density at radius 1 is 1.10 bits per heavy atom. The highest BCUT2D eigenvalue weighted by molar-refractivity contribution is 5.27. The average Bonchev–Trinajstić information content (AvgIpc) is 2.68. The van der Waals surface area contributed by atoms with E-state index in [1.54, 1.807) is 0 Å². The molecule has 0 radical (unpaired) electrons. The molecule has 2 N–H and O–H groups in total. The third kappa shape index (κ3) is 3.24. The van der Waals surface area contributed by atoms with Crippen molar-refractivity contribution in [3.63, 3.8) is 0 Å². The van der Waals surface area contributed by atoms with Gasteiger partial charge in [-0.25, -0.2) is 0 Å². The Morgan fingerprint density at radius 3 is 2.25 bits per heavy atom. The molecule has 1 aliphatic carbocycles. The molecule has 0 spiro atoms. The van der Waals surface area contributed by atoms with E-state index in [9.17, 15) is 0 Å². The SMILES string of the molecule is Cc1ccccc1CC(N)C1(N(C)C)CCCCCC1. The lowest BCUT2D eigenvalue weighted by atomic mass is 9.78. The van der Waals surface area contributed by atoms with Crippen LogP contribution >= 0.6 is 0 Å². The van der Waals surface area contributed by atoms with E-state index in [0.717, 1.165) is 6.42 Å².